The maximum absolute atomic E-state index is 14.1. The molecule has 1 aliphatic rings. The summed E-state index contributed by atoms with van der Waals surface area (Å²) in [6.07, 6.45) is 3.68. The van der Waals surface area contributed by atoms with Crippen molar-refractivity contribution in [2.45, 2.75) is 30.6 Å². The van der Waals surface area contributed by atoms with E-state index in [9.17, 15) is 4.39 Å². The van der Waals surface area contributed by atoms with Crippen LogP contribution in [0.25, 0.3) is 0 Å². The average molecular weight is 269 g/mol. The standard InChI is InChI=1S/C14H20FNOS/c1-16-14(13-5-3-4-8-18-13)11-7-6-10(17-2)9-12(11)15/h6-7,9,13-14,16H,3-5,8H2,1-2H3. The van der Waals surface area contributed by atoms with E-state index in [-0.39, 0.29) is 11.9 Å². The molecule has 4 heteroatoms. The normalized spacial score (nSPS) is 21.6. The van der Waals surface area contributed by atoms with Crippen molar-refractivity contribution in [3.8, 4) is 5.75 Å². The van der Waals surface area contributed by atoms with Crippen molar-refractivity contribution in [2.24, 2.45) is 0 Å². The fourth-order valence-corrected chi connectivity index (χ4v) is 3.94. The van der Waals surface area contributed by atoms with Crippen LogP contribution in [0.15, 0.2) is 18.2 Å². The number of halogens is 1. The molecule has 0 spiro atoms. The molecule has 2 rings (SSSR count). The third kappa shape index (κ3) is 2.98. The minimum absolute atomic E-state index is 0.0845. The molecule has 1 N–H and O–H groups in total. The van der Waals surface area contributed by atoms with Crippen LogP contribution in [0.2, 0.25) is 0 Å². The lowest BCUT2D eigenvalue weighted by Gasteiger charge is -2.30. The Morgan fingerprint density at radius 3 is 2.83 bits per heavy atom. The summed E-state index contributed by atoms with van der Waals surface area (Å²) in [5, 5.41) is 3.73. The number of ether oxygens (including phenoxy) is 1. The van der Waals surface area contributed by atoms with Gasteiger partial charge in [0.15, 0.2) is 0 Å². The molecule has 1 aromatic carbocycles. The van der Waals surface area contributed by atoms with Crippen LogP contribution < -0.4 is 10.1 Å². The molecule has 18 heavy (non-hydrogen) atoms. The predicted octanol–water partition coefficient (Wildman–Crippen LogP) is 3.38. The third-order valence-corrected chi connectivity index (χ3v) is 4.90. The first kappa shape index (κ1) is 13.7. The Bertz CT molecular complexity index is 393. The Kier molecular flexibility index (Phi) is 4.89. The first-order chi connectivity index (χ1) is 8.76. The molecule has 2 unspecified atom stereocenters. The van der Waals surface area contributed by atoms with E-state index in [0.717, 1.165) is 12.0 Å². The van der Waals surface area contributed by atoms with Crippen LogP contribution in [0, 0.1) is 5.82 Å². The van der Waals surface area contributed by atoms with Gasteiger partial charge >= 0.3 is 0 Å². The number of methoxy groups -OCH3 is 1. The molecule has 0 saturated carbocycles. The zero-order valence-corrected chi connectivity index (χ0v) is 11.7. The van der Waals surface area contributed by atoms with Crippen LogP contribution in [-0.4, -0.2) is 25.2 Å². The van der Waals surface area contributed by atoms with E-state index in [0.29, 0.717) is 11.0 Å². The average Bonchev–Trinajstić information content (AvgIpc) is 2.42. The molecule has 0 aliphatic carbocycles. The van der Waals surface area contributed by atoms with E-state index in [2.05, 4.69) is 5.32 Å². The van der Waals surface area contributed by atoms with Gasteiger partial charge in [-0.3, -0.25) is 0 Å². The van der Waals surface area contributed by atoms with E-state index in [1.165, 1.54) is 24.7 Å². The topological polar surface area (TPSA) is 21.3 Å². The Hall–Kier alpha value is -0.740. The van der Waals surface area contributed by atoms with Crippen molar-refractivity contribution in [1.29, 1.82) is 0 Å². The molecular formula is C14H20FNOS. The zero-order chi connectivity index (χ0) is 13.0. The van der Waals surface area contributed by atoms with Gasteiger partial charge in [0.05, 0.1) is 7.11 Å². The highest BCUT2D eigenvalue weighted by Crippen LogP contribution is 2.36. The zero-order valence-electron chi connectivity index (χ0n) is 10.9. The van der Waals surface area contributed by atoms with Crippen molar-refractivity contribution >= 4 is 11.8 Å². The van der Waals surface area contributed by atoms with Crippen LogP contribution in [0.4, 0.5) is 4.39 Å². The number of hydrogen-bond acceptors (Lipinski definition) is 3. The molecule has 0 radical (unpaired) electrons. The van der Waals surface area contributed by atoms with Crippen LogP contribution >= 0.6 is 11.8 Å². The SMILES string of the molecule is CNC(c1ccc(OC)cc1F)C1CCCCS1. The maximum atomic E-state index is 14.1. The van der Waals surface area contributed by atoms with Gasteiger partial charge < -0.3 is 10.1 Å². The van der Waals surface area contributed by atoms with Gasteiger partial charge in [-0.25, -0.2) is 4.39 Å². The van der Waals surface area contributed by atoms with Crippen molar-refractivity contribution in [3.63, 3.8) is 0 Å². The summed E-state index contributed by atoms with van der Waals surface area (Å²) in [5.74, 6) is 1.57. The molecule has 0 bridgehead atoms. The number of hydrogen-bond donors (Lipinski definition) is 1. The minimum atomic E-state index is -0.181. The highest BCUT2D eigenvalue weighted by Gasteiger charge is 2.26. The van der Waals surface area contributed by atoms with E-state index >= 15 is 0 Å². The van der Waals surface area contributed by atoms with Gasteiger partial charge in [-0.15, -0.1) is 0 Å². The first-order valence-corrected chi connectivity index (χ1v) is 7.43. The van der Waals surface area contributed by atoms with E-state index < -0.39 is 0 Å². The minimum Gasteiger partial charge on any atom is -0.497 e. The maximum Gasteiger partial charge on any atom is 0.131 e. The summed E-state index contributed by atoms with van der Waals surface area (Å²) in [7, 11) is 3.46. The number of thioether (sulfide) groups is 1. The van der Waals surface area contributed by atoms with Crippen molar-refractivity contribution in [3.05, 3.63) is 29.6 Å². The Morgan fingerprint density at radius 1 is 1.44 bits per heavy atom. The second kappa shape index (κ2) is 6.43. The monoisotopic (exact) mass is 269 g/mol. The number of nitrogens with one attached hydrogen (secondary N) is 1. The van der Waals surface area contributed by atoms with Gasteiger partial charge in [-0.1, -0.05) is 12.5 Å². The molecule has 100 valence electrons. The summed E-state index contributed by atoms with van der Waals surface area (Å²) < 4.78 is 19.1. The Morgan fingerprint density at radius 2 is 2.28 bits per heavy atom. The lowest BCUT2D eigenvalue weighted by atomic mass is 9.99. The van der Waals surface area contributed by atoms with Crippen molar-refractivity contribution in [2.75, 3.05) is 19.9 Å². The summed E-state index contributed by atoms with van der Waals surface area (Å²) in [5.41, 5.74) is 0.748. The van der Waals surface area contributed by atoms with E-state index in [4.69, 9.17) is 4.74 Å². The Balaban J connectivity index is 2.20. The molecule has 1 aliphatic heterocycles. The third-order valence-electron chi connectivity index (χ3n) is 3.44. The fraction of sp³-hybridized carbons (Fsp3) is 0.571. The number of benzene rings is 1. The fourth-order valence-electron chi connectivity index (χ4n) is 2.46. The van der Waals surface area contributed by atoms with Gasteiger partial charge in [0.1, 0.15) is 11.6 Å². The second-order valence-corrected chi connectivity index (χ2v) is 5.91. The van der Waals surface area contributed by atoms with Gasteiger partial charge in [-0.05, 0) is 31.7 Å². The molecule has 2 atom stereocenters. The van der Waals surface area contributed by atoms with Gasteiger partial charge in [0, 0.05) is 22.9 Å². The second-order valence-electron chi connectivity index (χ2n) is 4.56. The highest BCUT2D eigenvalue weighted by molar-refractivity contribution is 8.00. The lowest BCUT2D eigenvalue weighted by Crippen LogP contribution is -2.30. The van der Waals surface area contributed by atoms with Gasteiger partial charge in [-0.2, -0.15) is 11.8 Å². The van der Waals surface area contributed by atoms with E-state index in [1.807, 2.05) is 30.9 Å². The van der Waals surface area contributed by atoms with Crippen LogP contribution in [-0.2, 0) is 0 Å². The van der Waals surface area contributed by atoms with Crippen LogP contribution in [0.3, 0.4) is 0 Å². The summed E-state index contributed by atoms with van der Waals surface area (Å²) in [4.78, 5) is 0. The molecule has 0 aromatic heterocycles. The van der Waals surface area contributed by atoms with Gasteiger partial charge in [0.2, 0.25) is 0 Å². The van der Waals surface area contributed by atoms with Crippen molar-refractivity contribution < 1.29 is 9.13 Å². The summed E-state index contributed by atoms with van der Waals surface area (Å²) >= 11 is 1.95. The molecular weight excluding hydrogens is 249 g/mol. The number of rotatable bonds is 4. The van der Waals surface area contributed by atoms with Gasteiger partial charge in [0.25, 0.3) is 0 Å². The molecule has 1 fully saturated rings. The predicted molar refractivity (Wildman–Crippen MR) is 74.8 cm³/mol. The summed E-state index contributed by atoms with van der Waals surface area (Å²) in [6.45, 7) is 0. The van der Waals surface area contributed by atoms with Crippen molar-refractivity contribution in [1.82, 2.24) is 5.32 Å². The Labute approximate surface area is 112 Å². The summed E-state index contributed by atoms with van der Waals surface area (Å²) in [6, 6.07) is 5.22. The van der Waals surface area contributed by atoms with E-state index in [1.54, 1.807) is 7.11 Å². The molecule has 0 amide bonds. The van der Waals surface area contributed by atoms with Crippen LogP contribution in [0.1, 0.15) is 30.9 Å². The highest BCUT2D eigenvalue weighted by atomic mass is 32.2. The lowest BCUT2D eigenvalue weighted by molar-refractivity contribution is 0.408. The van der Waals surface area contributed by atoms with Crippen LogP contribution in [0.5, 0.6) is 5.75 Å². The molecule has 2 nitrogen and oxygen atoms in total. The largest absolute Gasteiger partial charge is 0.497 e. The quantitative estimate of drug-likeness (QED) is 0.905. The smallest absolute Gasteiger partial charge is 0.131 e. The molecule has 1 saturated heterocycles. The molecule has 1 aromatic rings. The molecule has 1 heterocycles. The first-order valence-electron chi connectivity index (χ1n) is 6.38.